The molecule has 0 saturated heterocycles. The second kappa shape index (κ2) is 6.71. The van der Waals surface area contributed by atoms with E-state index in [1.165, 1.54) is 0 Å². The second-order valence-electron chi connectivity index (χ2n) is 2.63. The molecule has 0 aromatic heterocycles. The van der Waals surface area contributed by atoms with Crippen LogP contribution in [0.25, 0.3) is 0 Å². The van der Waals surface area contributed by atoms with E-state index in [4.69, 9.17) is 10.00 Å². The standard InChI is InChI=1S/C7H15O3P/c1-2-3-4-5-6-7(8)11(9)10/h7-8H,2-6H2,1H3/p+1. The van der Waals surface area contributed by atoms with Gasteiger partial charge in [-0.25, -0.2) is 0 Å². The molecule has 0 spiro atoms. The van der Waals surface area contributed by atoms with Gasteiger partial charge in [-0.15, -0.1) is 0 Å². The summed E-state index contributed by atoms with van der Waals surface area (Å²) < 4.78 is 10.3. The Labute approximate surface area is 68.3 Å². The average molecular weight is 179 g/mol. The molecule has 0 fully saturated rings. The minimum Gasteiger partial charge on any atom is -0.349 e. The Morgan fingerprint density at radius 2 is 2.00 bits per heavy atom. The Hall–Kier alpha value is 0.0200. The van der Waals surface area contributed by atoms with Crippen molar-refractivity contribution < 1.29 is 14.6 Å². The van der Waals surface area contributed by atoms with Gasteiger partial charge < -0.3 is 5.11 Å². The molecule has 4 heteroatoms. The van der Waals surface area contributed by atoms with Crippen LogP contribution >= 0.6 is 8.03 Å². The number of aliphatic hydroxyl groups is 1. The molecule has 2 atom stereocenters. The van der Waals surface area contributed by atoms with Crippen molar-refractivity contribution in [1.29, 1.82) is 0 Å². The molecule has 0 heterocycles. The fourth-order valence-electron chi connectivity index (χ4n) is 0.864. The largest absolute Gasteiger partial charge is 0.537 e. The molecule has 2 unspecified atom stereocenters. The highest BCUT2D eigenvalue weighted by Crippen LogP contribution is 2.24. The van der Waals surface area contributed by atoms with Gasteiger partial charge in [-0.1, -0.05) is 26.2 Å². The lowest BCUT2D eigenvalue weighted by molar-refractivity contribution is 0.223. The van der Waals surface area contributed by atoms with Gasteiger partial charge in [0.25, 0.3) is 5.85 Å². The van der Waals surface area contributed by atoms with Crippen LogP contribution < -0.4 is 0 Å². The fourth-order valence-corrected chi connectivity index (χ4v) is 1.27. The predicted molar refractivity (Wildman–Crippen MR) is 44.6 cm³/mol. The zero-order valence-electron chi connectivity index (χ0n) is 6.86. The highest BCUT2D eigenvalue weighted by atomic mass is 31.1. The first-order valence-electron chi connectivity index (χ1n) is 4.01. The van der Waals surface area contributed by atoms with Crippen LogP contribution in [0.2, 0.25) is 0 Å². The highest BCUT2D eigenvalue weighted by Gasteiger charge is 2.24. The molecule has 0 saturated carbocycles. The third-order valence-electron chi connectivity index (χ3n) is 1.57. The lowest BCUT2D eigenvalue weighted by Gasteiger charge is -1.96. The highest BCUT2D eigenvalue weighted by molar-refractivity contribution is 7.38. The van der Waals surface area contributed by atoms with Crippen molar-refractivity contribution in [1.82, 2.24) is 0 Å². The van der Waals surface area contributed by atoms with Gasteiger partial charge in [0, 0.05) is 6.42 Å². The summed E-state index contributed by atoms with van der Waals surface area (Å²) in [5.41, 5.74) is 0. The van der Waals surface area contributed by atoms with E-state index in [-0.39, 0.29) is 0 Å². The Morgan fingerprint density at radius 3 is 2.45 bits per heavy atom. The molecule has 0 rings (SSSR count). The fraction of sp³-hybridized carbons (Fsp3) is 1.00. The molecule has 0 amide bonds. The van der Waals surface area contributed by atoms with Crippen LogP contribution in [-0.4, -0.2) is 15.8 Å². The Kier molecular flexibility index (Phi) is 6.73. The summed E-state index contributed by atoms with van der Waals surface area (Å²) in [6.45, 7) is 2.10. The third kappa shape index (κ3) is 6.42. The maximum absolute atomic E-state index is 10.3. The molecular formula is C7H16O3P+. The van der Waals surface area contributed by atoms with E-state index in [1.54, 1.807) is 0 Å². The normalized spacial score (nSPS) is 14.6. The van der Waals surface area contributed by atoms with Crippen molar-refractivity contribution in [2.45, 2.75) is 44.9 Å². The van der Waals surface area contributed by atoms with Gasteiger partial charge in [-0.2, -0.15) is 4.89 Å². The van der Waals surface area contributed by atoms with Crippen LogP contribution in [0.5, 0.6) is 0 Å². The molecule has 0 bridgehead atoms. The zero-order chi connectivity index (χ0) is 8.69. The van der Waals surface area contributed by atoms with E-state index >= 15 is 0 Å². The van der Waals surface area contributed by atoms with Crippen LogP contribution in [0.15, 0.2) is 0 Å². The number of unbranched alkanes of at least 4 members (excludes halogenated alkanes) is 3. The van der Waals surface area contributed by atoms with E-state index < -0.39 is 13.9 Å². The van der Waals surface area contributed by atoms with Crippen LogP contribution in [0.3, 0.4) is 0 Å². The summed E-state index contributed by atoms with van der Waals surface area (Å²) in [4.78, 5) is 8.44. The van der Waals surface area contributed by atoms with Gasteiger partial charge >= 0.3 is 8.03 Å². The molecule has 3 nitrogen and oxygen atoms in total. The van der Waals surface area contributed by atoms with Crippen molar-refractivity contribution in [2.75, 3.05) is 0 Å². The zero-order valence-corrected chi connectivity index (χ0v) is 7.76. The van der Waals surface area contributed by atoms with Crippen LogP contribution in [0, 0.1) is 0 Å². The molecule has 0 aromatic rings. The van der Waals surface area contributed by atoms with E-state index in [9.17, 15) is 4.57 Å². The maximum atomic E-state index is 10.3. The monoisotopic (exact) mass is 179 g/mol. The first-order valence-corrected chi connectivity index (χ1v) is 5.30. The second-order valence-corrected chi connectivity index (χ2v) is 3.83. The minimum atomic E-state index is -2.38. The minimum absolute atomic E-state index is 0.450. The van der Waals surface area contributed by atoms with Crippen LogP contribution in [-0.2, 0) is 4.57 Å². The number of hydrogen-bond donors (Lipinski definition) is 2. The van der Waals surface area contributed by atoms with Crippen LogP contribution in [0.1, 0.15) is 39.0 Å². The summed E-state index contributed by atoms with van der Waals surface area (Å²) in [5.74, 6) is -1.01. The summed E-state index contributed by atoms with van der Waals surface area (Å²) in [7, 11) is -2.38. The van der Waals surface area contributed by atoms with Gasteiger partial charge in [0.05, 0.1) is 0 Å². The van der Waals surface area contributed by atoms with E-state index in [0.29, 0.717) is 6.42 Å². The quantitative estimate of drug-likeness (QED) is 0.484. The lowest BCUT2D eigenvalue weighted by atomic mass is 10.2. The average Bonchev–Trinajstić information content (AvgIpc) is 1.97. The van der Waals surface area contributed by atoms with Gasteiger partial charge in [0.2, 0.25) is 0 Å². The molecule has 0 aliphatic rings. The first kappa shape index (κ1) is 11.0. The van der Waals surface area contributed by atoms with Crippen LogP contribution in [0.4, 0.5) is 0 Å². The molecular weight excluding hydrogens is 163 g/mol. The molecule has 0 aliphatic heterocycles. The van der Waals surface area contributed by atoms with Gasteiger partial charge in [-0.05, 0) is 11.0 Å². The molecule has 0 radical (unpaired) electrons. The van der Waals surface area contributed by atoms with Crippen molar-refractivity contribution in [3.63, 3.8) is 0 Å². The topological polar surface area (TPSA) is 57.5 Å². The van der Waals surface area contributed by atoms with Gasteiger partial charge in [0.15, 0.2) is 0 Å². The molecule has 0 aromatic carbocycles. The summed E-state index contributed by atoms with van der Waals surface area (Å²) >= 11 is 0. The van der Waals surface area contributed by atoms with Crippen molar-refractivity contribution in [2.24, 2.45) is 0 Å². The van der Waals surface area contributed by atoms with Crippen molar-refractivity contribution in [3.8, 4) is 0 Å². The smallest absolute Gasteiger partial charge is 0.349 e. The van der Waals surface area contributed by atoms with Crippen molar-refractivity contribution >= 4 is 8.03 Å². The number of rotatable bonds is 6. The maximum Gasteiger partial charge on any atom is 0.537 e. The van der Waals surface area contributed by atoms with E-state index in [0.717, 1.165) is 25.7 Å². The first-order chi connectivity index (χ1) is 5.18. The molecule has 0 aliphatic carbocycles. The Morgan fingerprint density at radius 1 is 1.36 bits per heavy atom. The molecule has 66 valence electrons. The SMILES string of the molecule is CCCCCCC(O)[P+](=O)O. The van der Waals surface area contributed by atoms with Crippen molar-refractivity contribution in [3.05, 3.63) is 0 Å². The summed E-state index contributed by atoms with van der Waals surface area (Å²) in [5, 5.41) is 8.89. The Balaban J connectivity index is 3.17. The van der Waals surface area contributed by atoms with Gasteiger partial charge in [0.1, 0.15) is 0 Å². The summed E-state index contributed by atoms with van der Waals surface area (Å²) in [6, 6.07) is 0. The lowest BCUT2D eigenvalue weighted by Crippen LogP contribution is -1.99. The van der Waals surface area contributed by atoms with E-state index in [1.807, 2.05) is 0 Å². The molecule has 11 heavy (non-hydrogen) atoms. The van der Waals surface area contributed by atoms with Gasteiger partial charge in [-0.3, -0.25) is 0 Å². The van der Waals surface area contributed by atoms with E-state index in [2.05, 4.69) is 6.92 Å². The summed E-state index contributed by atoms with van der Waals surface area (Å²) in [6.07, 6.45) is 4.61. The predicted octanol–water partition coefficient (Wildman–Crippen LogP) is 2.01. The molecule has 2 N–H and O–H groups in total. The number of aliphatic hydroxyl groups excluding tert-OH is 1. The third-order valence-corrected chi connectivity index (χ3v) is 2.34. The Bertz CT molecular complexity index is 116. The number of hydrogen-bond acceptors (Lipinski definition) is 2.